The Balaban J connectivity index is 3.60. The molecule has 0 rings (SSSR count). The molecule has 1 amide bonds. The smallest absolute Gasteiger partial charge is 0.207 e. The summed E-state index contributed by atoms with van der Waals surface area (Å²) >= 11 is 0. The van der Waals surface area contributed by atoms with Crippen molar-refractivity contribution in [1.29, 1.82) is 0 Å². The minimum absolute atomic E-state index is 0.229. The lowest BCUT2D eigenvalue weighted by atomic mass is 10.0. The van der Waals surface area contributed by atoms with Crippen molar-refractivity contribution in [2.75, 3.05) is 0 Å². The average Bonchev–Trinajstić information content (AvgIpc) is 2.04. The second-order valence-corrected chi connectivity index (χ2v) is 3.17. The quantitative estimate of drug-likeness (QED) is 0.563. The highest BCUT2D eigenvalue weighted by molar-refractivity contribution is 5.46. The molecule has 3 heteroatoms. The summed E-state index contributed by atoms with van der Waals surface area (Å²) in [6, 6.07) is 0.483. The lowest BCUT2D eigenvalue weighted by Crippen LogP contribution is -2.34. The molecular formula is C9H20N2O. The minimum atomic E-state index is 0.229. The predicted octanol–water partition coefficient (Wildman–Crippen LogP) is 1.03. The SMILES string of the molecule is CCCC(N)CC(CC)NC=O. The number of nitrogens with two attached hydrogens (primary N) is 1. The van der Waals surface area contributed by atoms with E-state index in [4.69, 9.17) is 5.73 Å². The summed E-state index contributed by atoms with van der Waals surface area (Å²) in [6.07, 6.45) is 4.75. The van der Waals surface area contributed by atoms with Gasteiger partial charge in [0, 0.05) is 12.1 Å². The van der Waals surface area contributed by atoms with Crippen molar-refractivity contribution in [2.45, 2.75) is 51.6 Å². The normalized spacial score (nSPS) is 15.2. The number of carbonyl (C=O) groups excluding carboxylic acids is 1. The van der Waals surface area contributed by atoms with Crippen molar-refractivity contribution in [3.8, 4) is 0 Å². The zero-order valence-electron chi connectivity index (χ0n) is 8.05. The summed E-state index contributed by atoms with van der Waals surface area (Å²) < 4.78 is 0. The number of hydrogen-bond donors (Lipinski definition) is 2. The van der Waals surface area contributed by atoms with E-state index in [1.807, 2.05) is 0 Å². The maximum Gasteiger partial charge on any atom is 0.207 e. The van der Waals surface area contributed by atoms with Crippen LogP contribution >= 0.6 is 0 Å². The summed E-state index contributed by atoms with van der Waals surface area (Å²) in [5, 5.41) is 2.76. The Morgan fingerprint density at radius 2 is 2.17 bits per heavy atom. The molecule has 0 heterocycles. The van der Waals surface area contributed by atoms with Gasteiger partial charge in [-0.25, -0.2) is 0 Å². The van der Waals surface area contributed by atoms with Gasteiger partial charge in [-0.15, -0.1) is 0 Å². The van der Waals surface area contributed by atoms with E-state index in [0.717, 1.165) is 32.1 Å². The zero-order valence-corrected chi connectivity index (χ0v) is 8.05. The first-order valence-corrected chi connectivity index (χ1v) is 4.69. The molecule has 72 valence electrons. The third kappa shape index (κ3) is 5.13. The highest BCUT2D eigenvalue weighted by atomic mass is 16.1. The van der Waals surface area contributed by atoms with Gasteiger partial charge in [-0.05, 0) is 19.3 Å². The van der Waals surface area contributed by atoms with E-state index in [0.29, 0.717) is 0 Å². The maximum atomic E-state index is 10.2. The Morgan fingerprint density at radius 1 is 1.50 bits per heavy atom. The minimum Gasteiger partial charge on any atom is -0.356 e. The molecule has 2 unspecified atom stereocenters. The molecule has 0 spiro atoms. The van der Waals surface area contributed by atoms with E-state index in [1.54, 1.807) is 0 Å². The van der Waals surface area contributed by atoms with Gasteiger partial charge in [-0.2, -0.15) is 0 Å². The van der Waals surface area contributed by atoms with E-state index < -0.39 is 0 Å². The van der Waals surface area contributed by atoms with Gasteiger partial charge in [-0.3, -0.25) is 4.79 Å². The molecule has 0 saturated heterocycles. The molecule has 0 aromatic heterocycles. The molecule has 0 saturated carbocycles. The van der Waals surface area contributed by atoms with Crippen LogP contribution in [0.5, 0.6) is 0 Å². The fourth-order valence-electron chi connectivity index (χ4n) is 1.30. The Morgan fingerprint density at radius 3 is 2.58 bits per heavy atom. The van der Waals surface area contributed by atoms with Crippen LogP contribution in [0, 0.1) is 0 Å². The van der Waals surface area contributed by atoms with E-state index in [-0.39, 0.29) is 12.1 Å². The maximum absolute atomic E-state index is 10.2. The fourth-order valence-corrected chi connectivity index (χ4v) is 1.30. The Kier molecular flexibility index (Phi) is 6.76. The van der Waals surface area contributed by atoms with Crippen molar-refractivity contribution < 1.29 is 4.79 Å². The second-order valence-electron chi connectivity index (χ2n) is 3.17. The van der Waals surface area contributed by atoms with Gasteiger partial charge in [0.1, 0.15) is 0 Å². The Hall–Kier alpha value is -0.570. The van der Waals surface area contributed by atoms with Gasteiger partial charge in [0.15, 0.2) is 0 Å². The van der Waals surface area contributed by atoms with Gasteiger partial charge in [0.2, 0.25) is 6.41 Å². The van der Waals surface area contributed by atoms with Gasteiger partial charge in [-0.1, -0.05) is 20.3 Å². The molecule has 0 bridgehead atoms. The molecule has 0 aliphatic carbocycles. The highest BCUT2D eigenvalue weighted by Gasteiger charge is 2.09. The van der Waals surface area contributed by atoms with Crippen molar-refractivity contribution in [2.24, 2.45) is 5.73 Å². The number of rotatable bonds is 7. The van der Waals surface area contributed by atoms with Crippen molar-refractivity contribution in [1.82, 2.24) is 5.32 Å². The summed E-state index contributed by atoms with van der Waals surface area (Å²) in [6.45, 7) is 4.17. The van der Waals surface area contributed by atoms with Crippen LogP contribution in [0.15, 0.2) is 0 Å². The molecule has 0 radical (unpaired) electrons. The molecule has 2 atom stereocenters. The van der Waals surface area contributed by atoms with Crippen LogP contribution in [0.3, 0.4) is 0 Å². The lowest BCUT2D eigenvalue weighted by molar-refractivity contribution is -0.110. The molecule has 0 aliphatic heterocycles. The van der Waals surface area contributed by atoms with Crippen LogP contribution in [0.4, 0.5) is 0 Å². The Labute approximate surface area is 74.7 Å². The van der Waals surface area contributed by atoms with Crippen LogP contribution in [0.25, 0.3) is 0 Å². The molecule has 12 heavy (non-hydrogen) atoms. The van der Waals surface area contributed by atoms with Crippen LogP contribution in [-0.2, 0) is 4.79 Å². The largest absolute Gasteiger partial charge is 0.356 e. The van der Waals surface area contributed by atoms with E-state index in [2.05, 4.69) is 19.2 Å². The number of hydrogen-bond acceptors (Lipinski definition) is 2. The summed E-state index contributed by atoms with van der Waals surface area (Å²) in [7, 11) is 0. The molecule has 0 fully saturated rings. The zero-order chi connectivity index (χ0) is 9.40. The van der Waals surface area contributed by atoms with Crippen LogP contribution < -0.4 is 11.1 Å². The summed E-state index contributed by atoms with van der Waals surface area (Å²) in [4.78, 5) is 10.2. The van der Waals surface area contributed by atoms with Crippen molar-refractivity contribution in [3.63, 3.8) is 0 Å². The Bertz CT molecular complexity index is 117. The van der Waals surface area contributed by atoms with Gasteiger partial charge >= 0.3 is 0 Å². The number of carbonyl (C=O) groups is 1. The van der Waals surface area contributed by atoms with Gasteiger partial charge in [0.25, 0.3) is 0 Å². The predicted molar refractivity (Wildman–Crippen MR) is 50.8 cm³/mol. The first-order chi connectivity index (χ1) is 5.74. The fraction of sp³-hybridized carbons (Fsp3) is 0.889. The second kappa shape index (κ2) is 7.10. The molecule has 3 nitrogen and oxygen atoms in total. The molecule has 0 aromatic carbocycles. The molecule has 3 N–H and O–H groups in total. The monoisotopic (exact) mass is 172 g/mol. The van der Waals surface area contributed by atoms with Gasteiger partial charge < -0.3 is 11.1 Å². The van der Waals surface area contributed by atoms with E-state index in [1.165, 1.54) is 0 Å². The highest BCUT2D eigenvalue weighted by Crippen LogP contribution is 2.04. The third-order valence-electron chi connectivity index (χ3n) is 2.04. The number of amides is 1. The number of nitrogens with one attached hydrogen (secondary N) is 1. The van der Waals surface area contributed by atoms with Crippen molar-refractivity contribution in [3.05, 3.63) is 0 Å². The van der Waals surface area contributed by atoms with Crippen LogP contribution in [0.1, 0.15) is 39.5 Å². The average molecular weight is 172 g/mol. The third-order valence-corrected chi connectivity index (χ3v) is 2.04. The van der Waals surface area contributed by atoms with Crippen molar-refractivity contribution >= 4 is 6.41 Å². The standard InChI is InChI=1S/C9H20N2O/c1-3-5-8(10)6-9(4-2)11-7-12/h7-9H,3-6,10H2,1-2H3,(H,11,12). The topological polar surface area (TPSA) is 55.1 Å². The first kappa shape index (κ1) is 11.4. The van der Waals surface area contributed by atoms with E-state index >= 15 is 0 Å². The summed E-state index contributed by atoms with van der Waals surface area (Å²) in [5.41, 5.74) is 5.84. The first-order valence-electron chi connectivity index (χ1n) is 4.69. The summed E-state index contributed by atoms with van der Waals surface area (Å²) in [5.74, 6) is 0. The lowest BCUT2D eigenvalue weighted by Gasteiger charge is -2.18. The van der Waals surface area contributed by atoms with E-state index in [9.17, 15) is 4.79 Å². The van der Waals surface area contributed by atoms with Crippen LogP contribution in [-0.4, -0.2) is 18.5 Å². The molecule has 0 aliphatic rings. The molecular weight excluding hydrogens is 152 g/mol. The molecule has 0 aromatic rings. The van der Waals surface area contributed by atoms with Crippen LogP contribution in [0.2, 0.25) is 0 Å². The van der Waals surface area contributed by atoms with Gasteiger partial charge in [0.05, 0.1) is 0 Å².